The largest absolute Gasteiger partial charge is 0.480 e. The van der Waals surface area contributed by atoms with Gasteiger partial charge in [-0.15, -0.1) is 0 Å². The number of hydrogen-bond acceptors (Lipinski definition) is 3. The van der Waals surface area contributed by atoms with Gasteiger partial charge in [-0.3, -0.25) is 9.69 Å². The van der Waals surface area contributed by atoms with Crippen molar-refractivity contribution in [3.05, 3.63) is 0 Å². The lowest BCUT2D eigenvalue weighted by Gasteiger charge is -2.38. The molecule has 1 atom stereocenters. The first-order chi connectivity index (χ1) is 10.2. The van der Waals surface area contributed by atoms with Gasteiger partial charge in [-0.1, -0.05) is 40.5 Å². The molecule has 130 valence electrons. The number of carboxylic acids is 1. The summed E-state index contributed by atoms with van der Waals surface area (Å²) in [6.07, 6.45) is 4.22. The molecule has 0 radical (unpaired) electrons. The molecule has 0 aliphatic heterocycles. The number of carboxylic acid groups (broad SMARTS) is 1. The SMILES string of the molecule is CCCCN(CCCC)C(C)(C)C(=O)NC(C(=O)O)C(C)C. The minimum Gasteiger partial charge on any atom is -0.480 e. The smallest absolute Gasteiger partial charge is 0.326 e. The summed E-state index contributed by atoms with van der Waals surface area (Å²) in [5, 5.41) is 12.0. The molecule has 0 spiro atoms. The third-order valence-corrected chi connectivity index (χ3v) is 4.13. The average molecular weight is 314 g/mol. The van der Waals surface area contributed by atoms with E-state index in [1.807, 2.05) is 13.8 Å². The van der Waals surface area contributed by atoms with Crippen LogP contribution in [0, 0.1) is 5.92 Å². The average Bonchev–Trinajstić information content (AvgIpc) is 2.43. The number of rotatable bonds is 11. The van der Waals surface area contributed by atoms with Crippen LogP contribution in [0.4, 0.5) is 0 Å². The summed E-state index contributed by atoms with van der Waals surface area (Å²) in [5.74, 6) is -1.33. The van der Waals surface area contributed by atoms with Crippen molar-refractivity contribution in [3.8, 4) is 0 Å². The molecule has 0 aliphatic carbocycles. The molecule has 0 rings (SSSR count). The second-order valence-corrected chi connectivity index (χ2v) is 6.79. The molecule has 0 aromatic rings. The van der Waals surface area contributed by atoms with Crippen molar-refractivity contribution < 1.29 is 14.7 Å². The first-order valence-electron chi connectivity index (χ1n) is 8.47. The molecule has 0 aromatic carbocycles. The van der Waals surface area contributed by atoms with E-state index in [0.717, 1.165) is 38.8 Å². The van der Waals surface area contributed by atoms with Crippen molar-refractivity contribution in [3.63, 3.8) is 0 Å². The Hall–Kier alpha value is -1.10. The van der Waals surface area contributed by atoms with E-state index < -0.39 is 17.6 Å². The zero-order valence-corrected chi connectivity index (χ0v) is 15.1. The first-order valence-corrected chi connectivity index (χ1v) is 8.47. The maximum absolute atomic E-state index is 12.6. The van der Waals surface area contributed by atoms with Gasteiger partial charge in [0.15, 0.2) is 0 Å². The zero-order chi connectivity index (χ0) is 17.3. The van der Waals surface area contributed by atoms with Gasteiger partial charge in [0.05, 0.1) is 5.54 Å². The van der Waals surface area contributed by atoms with Crippen LogP contribution in [0.5, 0.6) is 0 Å². The normalized spacial score (nSPS) is 13.5. The summed E-state index contributed by atoms with van der Waals surface area (Å²) >= 11 is 0. The third kappa shape index (κ3) is 6.34. The summed E-state index contributed by atoms with van der Waals surface area (Å²) in [5.41, 5.74) is -0.701. The number of nitrogens with one attached hydrogen (secondary N) is 1. The van der Waals surface area contributed by atoms with Crippen LogP contribution in [0.15, 0.2) is 0 Å². The number of carbonyl (C=O) groups is 2. The van der Waals surface area contributed by atoms with Crippen molar-refractivity contribution in [1.82, 2.24) is 10.2 Å². The number of aliphatic carboxylic acids is 1. The molecule has 0 heterocycles. The monoisotopic (exact) mass is 314 g/mol. The standard InChI is InChI=1S/C17H34N2O3/c1-7-9-11-19(12-10-8-2)17(5,6)16(22)18-14(13(3)4)15(20)21/h13-14H,7-12H2,1-6H3,(H,18,22)(H,20,21). The van der Waals surface area contributed by atoms with E-state index in [9.17, 15) is 14.7 Å². The van der Waals surface area contributed by atoms with Crippen LogP contribution in [0.2, 0.25) is 0 Å². The van der Waals surface area contributed by atoms with Crippen molar-refractivity contribution in [2.45, 2.75) is 78.8 Å². The van der Waals surface area contributed by atoms with Crippen LogP contribution in [-0.4, -0.2) is 46.6 Å². The van der Waals surface area contributed by atoms with Crippen molar-refractivity contribution in [2.75, 3.05) is 13.1 Å². The molecule has 2 N–H and O–H groups in total. The van der Waals surface area contributed by atoms with Crippen molar-refractivity contribution >= 4 is 11.9 Å². The Morgan fingerprint density at radius 2 is 1.55 bits per heavy atom. The van der Waals surface area contributed by atoms with Crippen LogP contribution in [0.25, 0.3) is 0 Å². The van der Waals surface area contributed by atoms with E-state index >= 15 is 0 Å². The summed E-state index contributed by atoms with van der Waals surface area (Å²) in [6.45, 7) is 13.3. The molecule has 0 saturated carbocycles. The number of hydrogen-bond donors (Lipinski definition) is 2. The molecule has 22 heavy (non-hydrogen) atoms. The number of carbonyl (C=O) groups excluding carboxylic acids is 1. The number of unbranched alkanes of at least 4 members (excludes halogenated alkanes) is 2. The lowest BCUT2D eigenvalue weighted by molar-refractivity contribution is -0.145. The topological polar surface area (TPSA) is 69.6 Å². The van der Waals surface area contributed by atoms with Gasteiger partial charge in [0, 0.05) is 0 Å². The highest BCUT2D eigenvalue weighted by Crippen LogP contribution is 2.18. The summed E-state index contributed by atoms with van der Waals surface area (Å²) < 4.78 is 0. The second-order valence-electron chi connectivity index (χ2n) is 6.79. The van der Waals surface area contributed by atoms with Gasteiger partial charge in [-0.25, -0.2) is 4.79 Å². The van der Waals surface area contributed by atoms with E-state index in [-0.39, 0.29) is 11.8 Å². The molecule has 0 saturated heterocycles. The van der Waals surface area contributed by atoms with Crippen molar-refractivity contribution in [1.29, 1.82) is 0 Å². The minimum absolute atomic E-state index is 0.142. The van der Waals surface area contributed by atoms with Crippen LogP contribution in [0.3, 0.4) is 0 Å². The molecule has 0 aliphatic rings. The van der Waals surface area contributed by atoms with Gasteiger partial charge in [0.25, 0.3) is 0 Å². The summed E-state index contributed by atoms with van der Waals surface area (Å²) in [7, 11) is 0. The third-order valence-electron chi connectivity index (χ3n) is 4.13. The van der Waals surface area contributed by atoms with Gasteiger partial charge in [0.1, 0.15) is 6.04 Å². The van der Waals surface area contributed by atoms with Crippen LogP contribution >= 0.6 is 0 Å². The quantitative estimate of drug-likeness (QED) is 0.615. The lowest BCUT2D eigenvalue weighted by Crippen LogP contribution is -2.59. The minimum atomic E-state index is -0.979. The fraction of sp³-hybridized carbons (Fsp3) is 0.882. The maximum atomic E-state index is 12.6. The number of nitrogens with zero attached hydrogens (tertiary/aromatic N) is 1. The zero-order valence-electron chi connectivity index (χ0n) is 15.1. The predicted molar refractivity (Wildman–Crippen MR) is 89.9 cm³/mol. The molecule has 5 heteroatoms. The molecular weight excluding hydrogens is 280 g/mol. The first kappa shape index (κ1) is 20.9. The van der Waals surface area contributed by atoms with E-state index in [4.69, 9.17) is 0 Å². The van der Waals surface area contributed by atoms with Gasteiger partial charge in [-0.05, 0) is 45.7 Å². The van der Waals surface area contributed by atoms with E-state index in [1.165, 1.54) is 0 Å². The summed E-state index contributed by atoms with van der Waals surface area (Å²) in [4.78, 5) is 26.1. The Balaban J connectivity index is 5.01. The Morgan fingerprint density at radius 1 is 1.09 bits per heavy atom. The van der Waals surface area contributed by atoms with E-state index in [1.54, 1.807) is 13.8 Å². The highest BCUT2D eigenvalue weighted by atomic mass is 16.4. The van der Waals surface area contributed by atoms with Gasteiger partial charge in [0.2, 0.25) is 5.91 Å². The Morgan fingerprint density at radius 3 is 1.86 bits per heavy atom. The molecular formula is C17H34N2O3. The lowest BCUT2D eigenvalue weighted by atomic mass is 9.97. The summed E-state index contributed by atoms with van der Waals surface area (Å²) in [6, 6.07) is -0.842. The van der Waals surface area contributed by atoms with E-state index in [0.29, 0.717) is 0 Å². The predicted octanol–water partition coefficient (Wildman–Crippen LogP) is 2.89. The van der Waals surface area contributed by atoms with Crippen LogP contribution in [-0.2, 0) is 9.59 Å². The van der Waals surface area contributed by atoms with Crippen LogP contribution < -0.4 is 5.32 Å². The highest BCUT2D eigenvalue weighted by Gasteiger charge is 2.36. The van der Waals surface area contributed by atoms with Crippen LogP contribution in [0.1, 0.15) is 67.2 Å². The van der Waals surface area contributed by atoms with Gasteiger partial charge >= 0.3 is 5.97 Å². The fourth-order valence-corrected chi connectivity index (χ4v) is 2.34. The van der Waals surface area contributed by atoms with Gasteiger partial charge < -0.3 is 10.4 Å². The van der Waals surface area contributed by atoms with E-state index in [2.05, 4.69) is 24.1 Å². The Bertz CT molecular complexity index is 346. The maximum Gasteiger partial charge on any atom is 0.326 e. The molecule has 0 fully saturated rings. The number of amides is 1. The van der Waals surface area contributed by atoms with Crippen molar-refractivity contribution in [2.24, 2.45) is 5.92 Å². The molecule has 5 nitrogen and oxygen atoms in total. The molecule has 1 amide bonds. The second kappa shape index (κ2) is 9.82. The van der Waals surface area contributed by atoms with Gasteiger partial charge in [-0.2, -0.15) is 0 Å². The fourth-order valence-electron chi connectivity index (χ4n) is 2.34. The Kier molecular flexibility index (Phi) is 9.33. The molecule has 0 aromatic heterocycles. The molecule has 1 unspecified atom stereocenters. The Labute approximate surface area is 135 Å². The highest BCUT2D eigenvalue weighted by molar-refractivity contribution is 5.89. The molecule has 0 bridgehead atoms.